The van der Waals surface area contributed by atoms with Crippen LogP contribution in [-0.4, -0.2) is 282 Å². The standard InChI is InChI=1S/C68H121N7O24.C2H6/c1-44-51(97-52(41-76)63(90)61(44)88)25-9-10-28-57(85)70-33-16-13-24-50(82)49(23-12-15-32-71-58(86)29-19-22-47(80)30-38-94-4)75(40-59(87)73-35-20-34-72-56(84)27-7-5-17-36-95-67-45(2)62(89)64(91)53(42-77)98-67)39-48(81)21-11-14-31-69-55(83)26-8-6-18-37-96-68-60(74-46(3)79)66(93)65(92)54(43-78)99-68;1-2/h44-45,49,51-54,60-68,76-78,88-93H,5-43H2,1-4H3,(H,69,83)(H,70,85)(H,71,86)(H,72,84)(H,73,87)(H,74,79);1-2H3/t44?,45?,49?,51-,52?,53?,54?,60?,61+,62+,63-,64-,65-,66+,67+,68+;/m0./s1. The summed E-state index contributed by atoms with van der Waals surface area (Å²) in [6, 6.07) is -1.96. The zero-order valence-corrected chi connectivity index (χ0v) is 60.9. The summed E-state index contributed by atoms with van der Waals surface area (Å²) in [4.78, 5) is 118. The number of nitrogens with one attached hydrogen (secondary N) is 6. The molecule has 0 bridgehead atoms. The fourth-order valence-corrected chi connectivity index (χ4v) is 12.1. The number of rotatable bonds is 55. The Kier molecular flexibility index (Phi) is 50.0. The van der Waals surface area contributed by atoms with E-state index in [1.54, 1.807) is 18.7 Å². The fourth-order valence-electron chi connectivity index (χ4n) is 12.1. The van der Waals surface area contributed by atoms with Crippen molar-refractivity contribution in [2.45, 2.75) is 287 Å². The van der Waals surface area contributed by atoms with E-state index in [0.29, 0.717) is 116 Å². The van der Waals surface area contributed by atoms with Gasteiger partial charge in [-0.3, -0.25) is 48.1 Å². The normalized spacial score (nSPS) is 25.2. The maximum Gasteiger partial charge on any atom is 0.234 e. The Morgan fingerprint density at radius 3 is 1.39 bits per heavy atom. The molecule has 0 radical (unpaired) electrons. The van der Waals surface area contributed by atoms with E-state index in [2.05, 4.69) is 31.9 Å². The molecule has 3 heterocycles. The molecule has 3 aliphatic heterocycles. The van der Waals surface area contributed by atoms with Gasteiger partial charge in [-0.1, -0.05) is 47.0 Å². The lowest BCUT2D eigenvalue weighted by Crippen LogP contribution is -2.64. The summed E-state index contributed by atoms with van der Waals surface area (Å²) >= 11 is 0. The minimum absolute atomic E-state index is 0.000570. The first-order chi connectivity index (χ1) is 48.5. The van der Waals surface area contributed by atoms with Crippen LogP contribution in [0.5, 0.6) is 0 Å². The van der Waals surface area contributed by atoms with E-state index in [1.165, 1.54) is 14.0 Å². The summed E-state index contributed by atoms with van der Waals surface area (Å²) in [6.07, 6.45) is -2.59. The van der Waals surface area contributed by atoms with Crippen molar-refractivity contribution >= 4 is 52.8 Å². The molecule has 0 aliphatic carbocycles. The van der Waals surface area contributed by atoms with Gasteiger partial charge in [0.1, 0.15) is 66.1 Å². The average molecular weight is 1450 g/mol. The van der Waals surface area contributed by atoms with Crippen molar-refractivity contribution in [2.75, 3.05) is 92.6 Å². The number of ketones is 3. The molecule has 6 amide bonds. The number of hydrogen-bond acceptors (Lipinski definition) is 25. The highest BCUT2D eigenvalue weighted by atomic mass is 16.7. The van der Waals surface area contributed by atoms with Crippen LogP contribution in [0.4, 0.5) is 0 Å². The van der Waals surface area contributed by atoms with Crippen LogP contribution in [0.3, 0.4) is 0 Å². The first kappa shape index (κ1) is 92.3. The number of aliphatic hydroxyl groups is 9. The summed E-state index contributed by atoms with van der Waals surface area (Å²) in [5, 5.41) is 107. The number of aliphatic hydroxyl groups excluding tert-OH is 9. The Morgan fingerprint density at radius 1 is 0.416 bits per heavy atom. The number of Topliss-reactive ketones (excluding diaryl/α,β-unsaturated/α-hetero) is 3. The van der Waals surface area contributed by atoms with Crippen LogP contribution in [0.25, 0.3) is 0 Å². The number of methoxy groups -OCH3 is 1. The summed E-state index contributed by atoms with van der Waals surface area (Å²) in [5.41, 5.74) is 0. The van der Waals surface area contributed by atoms with Crippen molar-refractivity contribution in [3.8, 4) is 0 Å². The number of carbonyl (C=O) groups is 9. The second kappa shape index (κ2) is 54.8. The molecule has 0 spiro atoms. The van der Waals surface area contributed by atoms with Crippen molar-refractivity contribution in [3.63, 3.8) is 0 Å². The predicted octanol–water partition coefficient (Wildman–Crippen LogP) is -0.0699. The van der Waals surface area contributed by atoms with Gasteiger partial charge in [-0.25, -0.2) is 0 Å². The number of carbonyl (C=O) groups excluding carboxylic acids is 9. The lowest BCUT2D eigenvalue weighted by atomic mass is 9.86. The third-order valence-corrected chi connectivity index (χ3v) is 18.2. The summed E-state index contributed by atoms with van der Waals surface area (Å²) in [5.74, 6) is -3.06. The lowest BCUT2D eigenvalue weighted by molar-refractivity contribution is -0.282. The molecule has 0 aromatic rings. The summed E-state index contributed by atoms with van der Waals surface area (Å²) < 4.78 is 33.5. The molecule has 586 valence electrons. The maximum absolute atomic E-state index is 14.4. The number of hydrogen-bond donors (Lipinski definition) is 15. The maximum atomic E-state index is 14.4. The molecule has 3 aliphatic rings. The molecule has 16 atom stereocenters. The Morgan fingerprint density at radius 2 is 0.851 bits per heavy atom. The highest BCUT2D eigenvalue weighted by molar-refractivity contribution is 5.88. The van der Waals surface area contributed by atoms with Gasteiger partial charge in [-0.15, -0.1) is 0 Å². The van der Waals surface area contributed by atoms with Crippen molar-refractivity contribution in [1.29, 1.82) is 0 Å². The van der Waals surface area contributed by atoms with Crippen LogP contribution in [-0.2, 0) is 71.6 Å². The Balaban J connectivity index is 0.0000172. The second-order valence-electron chi connectivity index (χ2n) is 26.4. The molecule has 31 nitrogen and oxygen atoms in total. The first-order valence-electron chi connectivity index (χ1n) is 37.0. The van der Waals surface area contributed by atoms with Gasteiger partial charge in [-0.05, 0) is 96.3 Å². The van der Waals surface area contributed by atoms with Crippen LogP contribution < -0.4 is 31.9 Å². The van der Waals surface area contributed by atoms with Crippen LogP contribution >= 0.6 is 0 Å². The molecule has 101 heavy (non-hydrogen) atoms. The van der Waals surface area contributed by atoms with Crippen molar-refractivity contribution < 1.29 is 118 Å². The largest absolute Gasteiger partial charge is 0.394 e. The molecule has 0 saturated carbocycles. The van der Waals surface area contributed by atoms with E-state index in [4.69, 9.17) is 28.4 Å². The van der Waals surface area contributed by atoms with Gasteiger partial charge in [0.15, 0.2) is 12.6 Å². The second-order valence-corrected chi connectivity index (χ2v) is 26.4. The number of amides is 6. The molecular weight excluding hydrogens is 1320 g/mol. The zero-order chi connectivity index (χ0) is 75.1. The third-order valence-electron chi connectivity index (χ3n) is 18.2. The van der Waals surface area contributed by atoms with Crippen LogP contribution in [0, 0.1) is 11.8 Å². The van der Waals surface area contributed by atoms with E-state index in [1.807, 2.05) is 13.8 Å². The zero-order valence-electron chi connectivity index (χ0n) is 60.9. The van der Waals surface area contributed by atoms with E-state index in [-0.39, 0.29) is 164 Å². The quantitative estimate of drug-likeness (QED) is 0.0354. The Labute approximate surface area is 596 Å². The van der Waals surface area contributed by atoms with Crippen LogP contribution in [0.1, 0.15) is 202 Å². The van der Waals surface area contributed by atoms with Gasteiger partial charge in [0.25, 0.3) is 0 Å². The van der Waals surface area contributed by atoms with E-state index >= 15 is 0 Å². The number of unbranched alkanes of at least 4 members (excludes halogenated alkanes) is 8. The molecule has 0 aromatic heterocycles. The molecule has 31 heteroatoms. The van der Waals surface area contributed by atoms with Crippen molar-refractivity contribution in [1.82, 2.24) is 36.8 Å². The molecule has 15 N–H and O–H groups in total. The fraction of sp³-hybridized carbons (Fsp3) is 0.871. The van der Waals surface area contributed by atoms with Crippen LogP contribution in [0.15, 0.2) is 0 Å². The average Bonchev–Trinajstić information content (AvgIpc) is 0.827. The van der Waals surface area contributed by atoms with Crippen LogP contribution in [0.2, 0.25) is 0 Å². The van der Waals surface area contributed by atoms with Gasteiger partial charge in [-0.2, -0.15) is 0 Å². The Bertz CT molecular complexity index is 2350. The predicted molar refractivity (Wildman–Crippen MR) is 370 cm³/mol. The van der Waals surface area contributed by atoms with Gasteiger partial charge >= 0.3 is 0 Å². The minimum Gasteiger partial charge on any atom is -0.394 e. The molecule has 7 unspecified atom stereocenters. The van der Waals surface area contributed by atoms with Crippen molar-refractivity contribution in [2.24, 2.45) is 11.8 Å². The lowest BCUT2D eigenvalue weighted by Gasteiger charge is -2.42. The van der Waals surface area contributed by atoms with Crippen molar-refractivity contribution in [3.05, 3.63) is 0 Å². The Hall–Kier alpha value is -4.81. The molecule has 3 saturated heterocycles. The summed E-state index contributed by atoms with van der Waals surface area (Å²) in [7, 11) is 1.51. The molecule has 3 rings (SSSR count). The van der Waals surface area contributed by atoms with E-state index in [9.17, 15) is 89.1 Å². The van der Waals surface area contributed by atoms with E-state index in [0.717, 1.165) is 0 Å². The third kappa shape index (κ3) is 37.6. The summed E-state index contributed by atoms with van der Waals surface area (Å²) in [6.45, 7) is 8.67. The first-order valence-corrected chi connectivity index (χ1v) is 37.0. The molecule has 3 fully saturated rings. The topological polar surface area (TPSA) is 466 Å². The van der Waals surface area contributed by atoms with Gasteiger partial charge < -0.3 is 106 Å². The number of ether oxygens (including phenoxy) is 6. The minimum atomic E-state index is -1.44. The van der Waals surface area contributed by atoms with Gasteiger partial charge in [0.2, 0.25) is 35.4 Å². The SMILES string of the molecule is CC.COCCC(=O)CCCC(=O)NCCCCC(C(=O)CCCCNC(=O)CCCC[C@@H]1OC(CO)[C@H](O)[C@H](O)C1C)N(CC(=O)CCCCNC(=O)CCCCCO[C@@H]1OC(CO)[C@H](O)[C@H](O)C1NC(C)=O)CC(=O)NCCCNC(=O)CCCCCO[C@@H]1OC(CO)[C@H](O)[C@H](O)C1C. The molecular formula is C70H127N7O24. The highest BCUT2D eigenvalue weighted by Gasteiger charge is 2.46. The number of nitrogens with zero attached hydrogens (tertiary/aromatic N) is 1. The highest BCUT2D eigenvalue weighted by Crippen LogP contribution is 2.30. The molecule has 0 aromatic carbocycles. The monoisotopic (exact) mass is 1450 g/mol. The van der Waals surface area contributed by atoms with E-state index < -0.39 is 123 Å². The van der Waals surface area contributed by atoms with Gasteiger partial charge in [0, 0.05) is 123 Å². The smallest absolute Gasteiger partial charge is 0.234 e. The van der Waals surface area contributed by atoms with Gasteiger partial charge in [0.05, 0.1) is 63.9 Å².